The summed E-state index contributed by atoms with van der Waals surface area (Å²) in [6.07, 6.45) is 1.32. The van der Waals surface area contributed by atoms with Gasteiger partial charge in [0.2, 0.25) is 0 Å². The lowest BCUT2D eigenvalue weighted by Crippen LogP contribution is -2.57. The SMILES string of the molecule is COC1CC(Nc2ccc(N)cc2Cl)C1(C)C. The zero-order valence-electron chi connectivity index (χ0n) is 10.5. The third kappa shape index (κ3) is 2.22. The molecule has 0 aliphatic heterocycles. The van der Waals surface area contributed by atoms with Crippen molar-refractivity contribution in [1.29, 1.82) is 0 Å². The maximum atomic E-state index is 6.14. The Morgan fingerprint density at radius 2 is 2.18 bits per heavy atom. The zero-order valence-corrected chi connectivity index (χ0v) is 11.2. The lowest BCUT2D eigenvalue weighted by molar-refractivity contribution is -0.0794. The van der Waals surface area contributed by atoms with Crippen molar-refractivity contribution in [2.24, 2.45) is 5.41 Å². The number of nitrogen functional groups attached to an aromatic ring is 1. The quantitative estimate of drug-likeness (QED) is 0.815. The summed E-state index contributed by atoms with van der Waals surface area (Å²) in [6.45, 7) is 4.40. The fourth-order valence-electron chi connectivity index (χ4n) is 2.37. The van der Waals surface area contributed by atoms with Crippen LogP contribution in [0.15, 0.2) is 18.2 Å². The van der Waals surface area contributed by atoms with E-state index in [1.165, 1.54) is 0 Å². The number of nitrogens with two attached hydrogens (primary N) is 1. The van der Waals surface area contributed by atoms with Gasteiger partial charge in [0.15, 0.2) is 0 Å². The summed E-state index contributed by atoms with van der Waals surface area (Å²) in [6, 6.07) is 5.93. The Kier molecular flexibility index (Phi) is 3.23. The topological polar surface area (TPSA) is 47.3 Å². The van der Waals surface area contributed by atoms with Crippen LogP contribution >= 0.6 is 11.6 Å². The third-order valence-corrected chi connectivity index (χ3v) is 4.10. The highest BCUT2D eigenvalue weighted by atomic mass is 35.5. The van der Waals surface area contributed by atoms with Gasteiger partial charge in [-0.05, 0) is 24.6 Å². The number of rotatable bonds is 3. The summed E-state index contributed by atoms with van der Waals surface area (Å²) in [4.78, 5) is 0. The fourth-order valence-corrected chi connectivity index (χ4v) is 2.61. The first-order valence-corrected chi connectivity index (χ1v) is 6.17. The number of ether oxygens (including phenoxy) is 1. The molecular formula is C13H19ClN2O. The van der Waals surface area contributed by atoms with Crippen LogP contribution in [0, 0.1) is 5.41 Å². The van der Waals surface area contributed by atoms with Gasteiger partial charge < -0.3 is 15.8 Å². The zero-order chi connectivity index (χ0) is 12.6. The Bertz CT molecular complexity index is 420. The van der Waals surface area contributed by atoms with Crippen molar-refractivity contribution in [2.45, 2.75) is 32.4 Å². The van der Waals surface area contributed by atoms with Crippen molar-refractivity contribution in [3.63, 3.8) is 0 Å². The monoisotopic (exact) mass is 254 g/mol. The lowest BCUT2D eigenvalue weighted by atomic mass is 9.64. The molecule has 4 heteroatoms. The number of anilines is 2. The molecule has 0 heterocycles. The van der Waals surface area contributed by atoms with Gasteiger partial charge in [-0.2, -0.15) is 0 Å². The first-order valence-electron chi connectivity index (χ1n) is 5.79. The second kappa shape index (κ2) is 4.39. The molecule has 3 N–H and O–H groups in total. The second-order valence-electron chi connectivity index (χ2n) is 5.22. The van der Waals surface area contributed by atoms with E-state index in [-0.39, 0.29) is 5.41 Å². The summed E-state index contributed by atoms with van der Waals surface area (Å²) in [5, 5.41) is 4.13. The molecule has 0 saturated heterocycles. The van der Waals surface area contributed by atoms with Crippen molar-refractivity contribution in [2.75, 3.05) is 18.2 Å². The number of nitrogens with one attached hydrogen (secondary N) is 1. The number of hydrogen-bond acceptors (Lipinski definition) is 3. The minimum Gasteiger partial charge on any atom is -0.399 e. The standard InChI is InChI=1S/C13H19ClN2O/c1-13(2)11(7-12(13)17-3)16-10-5-4-8(15)6-9(10)14/h4-6,11-12,16H,7,15H2,1-3H3. The van der Waals surface area contributed by atoms with Crippen LogP contribution in [0.4, 0.5) is 11.4 Å². The van der Waals surface area contributed by atoms with Crippen molar-refractivity contribution in [1.82, 2.24) is 0 Å². The summed E-state index contributed by atoms with van der Waals surface area (Å²) < 4.78 is 5.43. The van der Waals surface area contributed by atoms with E-state index < -0.39 is 0 Å². The molecule has 1 saturated carbocycles. The summed E-state index contributed by atoms with van der Waals surface area (Å²) in [5.41, 5.74) is 7.42. The average Bonchev–Trinajstić information content (AvgIpc) is 2.26. The molecule has 2 atom stereocenters. The Hall–Kier alpha value is -0.930. The molecule has 1 aliphatic carbocycles. The van der Waals surface area contributed by atoms with Crippen molar-refractivity contribution >= 4 is 23.0 Å². The third-order valence-electron chi connectivity index (χ3n) is 3.79. The predicted molar refractivity (Wildman–Crippen MR) is 72.5 cm³/mol. The van der Waals surface area contributed by atoms with Gasteiger partial charge in [0, 0.05) is 24.3 Å². The van der Waals surface area contributed by atoms with E-state index in [4.69, 9.17) is 22.1 Å². The maximum Gasteiger partial charge on any atom is 0.0661 e. The van der Waals surface area contributed by atoms with Crippen molar-refractivity contribution in [3.8, 4) is 0 Å². The molecule has 1 aliphatic rings. The van der Waals surface area contributed by atoms with Crippen LogP contribution in [0.5, 0.6) is 0 Å². The first-order chi connectivity index (χ1) is 7.95. The molecule has 1 aromatic rings. The van der Waals surface area contributed by atoms with E-state index in [1.807, 2.05) is 12.1 Å². The maximum absolute atomic E-state index is 6.14. The van der Waals surface area contributed by atoms with E-state index >= 15 is 0 Å². The molecule has 0 bridgehead atoms. The minimum absolute atomic E-state index is 0.124. The summed E-state index contributed by atoms with van der Waals surface area (Å²) in [5.74, 6) is 0. The minimum atomic E-state index is 0.124. The van der Waals surface area contributed by atoms with Crippen LogP contribution in [0.2, 0.25) is 5.02 Å². The van der Waals surface area contributed by atoms with Crippen LogP contribution in [0.25, 0.3) is 0 Å². The summed E-state index contributed by atoms with van der Waals surface area (Å²) >= 11 is 6.14. The van der Waals surface area contributed by atoms with Gasteiger partial charge in [-0.15, -0.1) is 0 Å². The smallest absolute Gasteiger partial charge is 0.0661 e. The Labute approximate surface area is 107 Å². The molecule has 0 radical (unpaired) electrons. The molecule has 94 valence electrons. The highest BCUT2D eigenvalue weighted by Gasteiger charge is 2.48. The molecule has 1 aromatic carbocycles. The van der Waals surface area contributed by atoms with Crippen LogP contribution in [0.1, 0.15) is 20.3 Å². The van der Waals surface area contributed by atoms with Gasteiger partial charge in [-0.25, -0.2) is 0 Å². The largest absolute Gasteiger partial charge is 0.399 e. The van der Waals surface area contributed by atoms with E-state index in [2.05, 4.69) is 19.2 Å². The molecule has 0 amide bonds. The number of halogens is 1. The Balaban J connectivity index is 2.08. The van der Waals surface area contributed by atoms with Crippen molar-refractivity contribution < 1.29 is 4.74 Å². The number of methoxy groups -OCH3 is 1. The van der Waals surface area contributed by atoms with Gasteiger partial charge in [0.25, 0.3) is 0 Å². The Morgan fingerprint density at radius 3 is 2.71 bits per heavy atom. The van der Waals surface area contributed by atoms with Crippen LogP contribution < -0.4 is 11.1 Å². The van der Waals surface area contributed by atoms with E-state index in [0.717, 1.165) is 12.1 Å². The number of benzene rings is 1. The van der Waals surface area contributed by atoms with E-state index in [1.54, 1.807) is 13.2 Å². The Morgan fingerprint density at radius 1 is 1.47 bits per heavy atom. The molecule has 2 unspecified atom stereocenters. The second-order valence-corrected chi connectivity index (χ2v) is 5.62. The van der Waals surface area contributed by atoms with Crippen LogP contribution in [-0.4, -0.2) is 19.3 Å². The van der Waals surface area contributed by atoms with Crippen LogP contribution in [-0.2, 0) is 4.74 Å². The molecular weight excluding hydrogens is 236 g/mol. The van der Waals surface area contributed by atoms with Gasteiger partial charge >= 0.3 is 0 Å². The molecule has 0 aromatic heterocycles. The average molecular weight is 255 g/mol. The van der Waals surface area contributed by atoms with Gasteiger partial charge in [-0.1, -0.05) is 25.4 Å². The fraction of sp³-hybridized carbons (Fsp3) is 0.538. The van der Waals surface area contributed by atoms with Gasteiger partial charge in [-0.3, -0.25) is 0 Å². The predicted octanol–water partition coefficient (Wildman–Crippen LogP) is 3.15. The van der Waals surface area contributed by atoms with Crippen LogP contribution in [0.3, 0.4) is 0 Å². The summed E-state index contributed by atoms with van der Waals surface area (Å²) in [7, 11) is 1.76. The number of hydrogen-bond donors (Lipinski definition) is 2. The molecule has 17 heavy (non-hydrogen) atoms. The van der Waals surface area contributed by atoms with Gasteiger partial charge in [0.05, 0.1) is 16.8 Å². The van der Waals surface area contributed by atoms with E-state index in [9.17, 15) is 0 Å². The first kappa shape index (κ1) is 12.5. The molecule has 2 rings (SSSR count). The molecule has 1 fully saturated rings. The normalized spacial score (nSPS) is 26.4. The highest BCUT2D eigenvalue weighted by Crippen LogP contribution is 2.44. The van der Waals surface area contributed by atoms with Crippen molar-refractivity contribution in [3.05, 3.63) is 23.2 Å². The molecule has 3 nitrogen and oxygen atoms in total. The van der Waals surface area contributed by atoms with Gasteiger partial charge in [0.1, 0.15) is 0 Å². The highest BCUT2D eigenvalue weighted by molar-refractivity contribution is 6.33. The van der Waals surface area contributed by atoms with E-state index in [0.29, 0.717) is 22.9 Å². The molecule has 0 spiro atoms. The lowest BCUT2D eigenvalue weighted by Gasteiger charge is -2.51.